The first-order valence-electron chi connectivity index (χ1n) is 6.48. The molecule has 0 spiro atoms. The molecule has 6 heteroatoms. The van der Waals surface area contributed by atoms with E-state index < -0.39 is 0 Å². The Morgan fingerprint density at radius 1 is 1.10 bits per heavy atom. The highest BCUT2D eigenvalue weighted by atomic mass is 35.5. The smallest absolute Gasteiger partial charge is 0.258 e. The van der Waals surface area contributed by atoms with Crippen LogP contribution in [0, 0.1) is 0 Å². The van der Waals surface area contributed by atoms with Gasteiger partial charge in [0.1, 0.15) is 10.3 Å². The van der Waals surface area contributed by atoms with E-state index in [4.69, 9.17) is 34.8 Å². The van der Waals surface area contributed by atoms with E-state index in [2.05, 4.69) is 4.98 Å². The van der Waals surface area contributed by atoms with Gasteiger partial charge in [0.2, 0.25) is 0 Å². The fraction of sp³-hybridized carbons (Fsp3) is 0.200. The Bertz CT molecular complexity index is 698. The lowest BCUT2D eigenvalue weighted by molar-refractivity contribution is 0.0985. The van der Waals surface area contributed by atoms with E-state index in [1.165, 1.54) is 12.1 Å². The van der Waals surface area contributed by atoms with Gasteiger partial charge in [-0.15, -0.1) is 0 Å². The Kier molecular flexibility index (Phi) is 4.07. The number of aryl methyl sites for hydroxylation is 1. The molecular formula is C15H11Cl3N2O. The fourth-order valence-electron chi connectivity index (χ4n) is 2.52. The van der Waals surface area contributed by atoms with E-state index >= 15 is 0 Å². The molecule has 0 unspecified atom stereocenters. The molecule has 1 aromatic carbocycles. The van der Waals surface area contributed by atoms with Crippen LogP contribution < -0.4 is 4.90 Å². The molecule has 0 saturated heterocycles. The predicted molar refractivity (Wildman–Crippen MR) is 85.7 cm³/mol. The maximum absolute atomic E-state index is 12.7. The lowest BCUT2D eigenvalue weighted by atomic mass is 10.0. The number of hydrogen-bond donors (Lipinski definition) is 0. The van der Waals surface area contributed by atoms with E-state index in [1.54, 1.807) is 11.0 Å². The molecule has 3 nitrogen and oxygen atoms in total. The van der Waals surface area contributed by atoms with Crippen molar-refractivity contribution in [3.63, 3.8) is 0 Å². The standard InChI is InChI=1S/C15H11Cl3N2O/c16-11-3-4-12-9(6-11)2-1-5-20(12)15(21)10-7-13(17)19-14(18)8-10/h3-4,6-8H,1-2,5H2. The average Bonchev–Trinajstić information content (AvgIpc) is 2.44. The van der Waals surface area contributed by atoms with Gasteiger partial charge in [-0.25, -0.2) is 4.98 Å². The van der Waals surface area contributed by atoms with Crippen molar-refractivity contribution < 1.29 is 4.79 Å². The van der Waals surface area contributed by atoms with Gasteiger partial charge in [0, 0.05) is 22.8 Å². The zero-order valence-electron chi connectivity index (χ0n) is 10.9. The van der Waals surface area contributed by atoms with E-state index in [1.807, 2.05) is 12.1 Å². The number of hydrogen-bond acceptors (Lipinski definition) is 2. The van der Waals surface area contributed by atoms with Crippen molar-refractivity contribution >= 4 is 46.4 Å². The average molecular weight is 342 g/mol. The summed E-state index contributed by atoms with van der Waals surface area (Å²) in [5.41, 5.74) is 2.40. The molecule has 2 heterocycles. The number of aromatic nitrogens is 1. The van der Waals surface area contributed by atoms with Crippen molar-refractivity contribution in [2.45, 2.75) is 12.8 Å². The maximum atomic E-state index is 12.7. The van der Waals surface area contributed by atoms with Crippen molar-refractivity contribution in [3.8, 4) is 0 Å². The van der Waals surface area contributed by atoms with Crippen LogP contribution in [-0.2, 0) is 6.42 Å². The van der Waals surface area contributed by atoms with Crippen molar-refractivity contribution in [1.82, 2.24) is 4.98 Å². The molecule has 0 saturated carbocycles. The number of fused-ring (bicyclic) bond motifs is 1. The van der Waals surface area contributed by atoms with Gasteiger partial charge in [0.25, 0.3) is 5.91 Å². The molecule has 1 amide bonds. The molecule has 0 atom stereocenters. The molecule has 0 N–H and O–H groups in total. The fourth-order valence-corrected chi connectivity index (χ4v) is 3.18. The van der Waals surface area contributed by atoms with Gasteiger partial charge in [0.15, 0.2) is 0 Å². The van der Waals surface area contributed by atoms with Crippen LogP contribution in [0.1, 0.15) is 22.3 Å². The highest BCUT2D eigenvalue weighted by molar-refractivity contribution is 6.33. The first-order chi connectivity index (χ1) is 10.0. The first kappa shape index (κ1) is 14.6. The van der Waals surface area contributed by atoms with Gasteiger partial charge < -0.3 is 4.90 Å². The summed E-state index contributed by atoms with van der Waals surface area (Å²) in [6, 6.07) is 8.63. The summed E-state index contributed by atoms with van der Waals surface area (Å²) >= 11 is 17.8. The van der Waals surface area contributed by atoms with E-state index in [0.29, 0.717) is 17.1 Å². The Hall–Kier alpha value is -1.29. The second kappa shape index (κ2) is 5.84. The molecule has 2 aromatic rings. The summed E-state index contributed by atoms with van der Waals surface area (Å²) in [6.07, 6.45) is 1.81. The number of amides is 1. The summed E-state index contributed by atoms with van der Waals surface area (Å²) in [7, 11) is 0. The van der Waals surface area contributed by atoms with Crippen LogP contribution in [0.5, 0.6) is 0 Å². The van der Waals surface area contributed by atoms with E-state index in [-0.39, 0.29) is 16.2 Å². The van der Waals surface area contributed by atoms with Crippen LogP contribution >= 0.6 is 34.8 Å². The minimum atomic E-state index is -0.135. The molecule has 0 radical (unpaired) electrons. The number of rotatable bonds is 1. The van der Waals surface area contributed by atoms with Crippen molar-refractivity contribution in [1.29, 1.82) is 0 Å². The number of benzene rings is 1. The molecule has 3 rings (SSSR count). The number of carbonyl (C=O) groups is 1. The normalized spacial score (nSPS) is 14.0. The number of halogens is 3. The molecule has 21 heavy (non-hydrogen) atoms. The Labute approximate surface area is 137 Å². The van der Waals surface area contributed by atoms with Crippen LogP contribution in [0.2, 0.25) is 15.3 Å². The van der Waals surface area contributed by atoms with Crippen LogP contribution in [0.15, 0.2) is 30.3 Å². The number of nitrogens with zero attached hydrogens (tertiary/aromatic N) is 2. The lowest BCUT2D eigenvalue weighted by Crippen LogP contribution is -2.35. The minimum Gasteiger partial charge on any atom is -0.308 e. The molecule has 0 fully saturated rings. The summed E-state index contributed by atoms with van der Waals surface area (Å²) in [5, 5.41) is 1.09. The third kappa shape index (κ3) is 3.00. The summed E-state index contributed by atoms with van der Waals surface area (Å²) in [4.78, 5) is 18.3. The SMILES string of the molecule is O=C(c1cc(Cl)nc(Cl)c1)N1CCCc2cc(Cl)ccc21. The van der Waals surface area contributed by atoms with Crippen molar-refractivity contribution in [3.05, 3.63) is 56.8 Å². The largest absolute Gasteiger partial charge is 0.308 e. The third-order valence-corrected chi connectivity index (χ3v) is 4.04. The summed E-state index contributed by atoms with van der Waals surface area (Å²) in [5.74, 6) is -0.135. The van der Waals surface area contributed by atoms with Crippen LogP contribution in [0.3, 0.4) is 0 Å². The first-order valence-corrected chi connectivity index (χ1v) is 7.61. The zero-order valence-corrected chi connectivity index (χ0v) is 13.2. The van der Waals surface area contributed by atoms with Gasteiger partial charge in [-0.3, -0.25) is 4.79 Å². The van der Waals surface area contributed by atoms with Crippen LogP contribution in [-0.4, -0.2) is 17.4 Å². The molecule has 108 valence electrons. The molecular weight excluding hydrogens is 331 g/mol. The Balaban J connectivity index is 2.00. The highest BCUT2D eigenvalue weighted by Gasteiger charge is 2.24. The molecule has 0 bridgehead atoms. The monoisotopic (exact) mass is 340 g/mol. The zero-order chi connectivity index (χ0) is 15.0. The van der Waals surface area contributed by atoms with E-state index in [0.717, 1.165) is 24.1 Å². The number of anilines is 1. The Morgan fingerprint density at radius 3 is 2.52 bits per heavy atom. The van der Waals surface area contributed by atoms with Crippen molar-refractivity contribution in [2.75, 3.05) is 11.4 Å². The van der Waals surface area contributed by atoms with Crippen LogP contribution in [0.25, 0.3) is 0 Å². The van der Waals surface area contributed by atoms with Gasteiger partial charge in [-0.05, 0) is 48.7 Å². The minimum absolute atomic E-state index is 0.135. The van der Waals surface area contributed by atoms with Crippen LogP contribution in [0.4, 0.5) is 5.69 Å². The molecule has 1 aliphatic rings. The second-order valence-electron chi connectivity index (χ2n) is 4.83. The lowest BCUT2D eigenvalue weighted by Gasteiger charge is -2.29. The Morgan fingerprint density at radius 2 is 1.81 bits per heavy atom. The molecule has 1 aliphatic heterocycles. The number of pyridine rings is 1. The van der Waals surface area contributed by atoms with Gasteiger partial charge in [-0.2, -0.15) is 0 Å². The molecule has 1 aromatic heterocycles. The number of carbonyl (C=O) groups excluding carboxylic acids is 1. The van der Waals surface area contributed by atoms with Gasteiger partial charge in [-0.1, -0.05) is 34.8 Å². The molecule has 0 aliphatic carbocycles. The second-order valence-corrected chi connectivity index (χ2v) is 6.05. The van der Waals surface area contributed by atoms with E-state index in [9.17, 15) is 4.79 Å². The topological polar surface area (TPSA) is 33.2 Å². The van der Waals surface area contributed by atoms with Crippen molar-refractivity contribution in [2.24, 2.45) is 0 Å². The summed E-state index contributed by atoms with van der Waals surface area (Å²) < 4.78 is 0. The van der Waals surface area contributed by atoms with Gasteiger partial charge >= 0.3 is 0 Å². The predicted octanol–water partition coefficient (Wildman–Crippen LogP) is 4.63. The quantitative estimate of drug-likeness (QED) is 0.708. The van der Waals surface area contributed by atoms with Gasteiger partial charge in [0.05, 0.1) is 0 Å². The third-order valence-electron chi connectivity index (χ3n) is 3.42. The maximum Gasteiger partial charge on any atom is 0.258 e. The highest BCUT2D eigenvalue weighted by Crippen LogP contribution is 2.31. The summed E-state index contributed by atoms with van der Waals surface area (Å²) in [6.45, 7) is 0.658.